The van der Waals surface area contributed by atoms with Crippen molar-refractivity contribution in [3.05, 3.63) is 0 Å². The molecule has 0 heterocycles. The molecule has 0 radical (unpaired) electrons. The Balaban J connectivity index is 0. The van der Waals surface area contributed by atoms with Crippen molar-refractivity contribution in [1.29, 1.82) is 0 Å². The van der Waals surface area contributed by atoms with Gasteiger partial charge >= 0.3 is 36.2 Å². The van der Waals surface area contributed by atoms with Gasteiger partial charge in [-0.1, -0.05) is 0 Å². The van der Waals surface area contributed by atoms with Crippen LogP contribution in [0.2, 0.25) is 0 Å². The average molecular weight is 350 g/mol. The standard InChI is InChI=1S/C6HF11O3.FH/c7-2(1(18)19,4(10,11)12)20-6(16,17)3(8,9)5(13,14)15;/h(H,18,19);1H. The van der Waals surface area contributed by atoms with Gasteiger partial charge in [0.15, 0.2) is 0 Å². The third kappa shape index (κ3) is 3.62. The van der Waals surface area contributed by atoms with Gasteiger partial charge in [0.05, 0.1) is 0 Å². The summed E-state index contributed by atoms with van der Waals surface area (Å²) in [4.78, 5) is 9.84. The molecule has 1 atom stereocenters. The molecule has 0 aromatic carbocycles. The first-order valence-corrected chi connectivity index (χ1v) is 3.91. The molecule has 0 amide bonds. The van der Waals surface area contributed by atoms with Crippen LogP contribution in [-0.2, 0) is 9.53 Å². The van der Waals surface area contributed by atoms with Crippen LogP contribution in [0, 0.1) is 0 Å². The zero-order chi connectivity index (χ0) is 16.8. The minimum Gasteiger partial charge on any atom is -0.477 e. The maximum atomic E-state index is 12.7. The number of carboxylic acids is 1. The maximum Gasteiger partial charge on any atom is 0.462 e. The molecule has 128 valence electrons. The number of aliphatic carboxylic acids is 1. The van der Waals surface area contributed by atoms with Gasteiger partial charge < -0.3 is 5.11 Å². The van der Waals surface area contributed by atoms with Gasteiger partial charge in [-0.25, -0.2) is 4.79 Å². The zero-order valence-electron chi connectivity index (χ0n) is 8.83. The summed E-state index contributed by atoms with van der Waals surface area (Å²) in [5.41, 5.74) is 0. The molecule has 15 heteroatoms. The number of alkyl halides is 11. The van der Waals surface area contributed by atoms with Gasteiger partial charge in [0.1, 0.15) is 0 Å². The molecule has 1 N–H and O–H groups in total. The fourth-order valence-electron chi connectivity index (χ4n) is 0.628. The first kappa shape index (κ1) is 21.9. The van der Waals surface area contributed by atoms with E-state index < -0.39 is 36.2 Å². The van der Waals surface area contributed by atoms with Crippen molar-refractivity contribution in [2.45, 2.75) is 30.2 Å². The van der Waals surface area contributed by atoms with E-state index in [0.717, 1.165) is 0 Å². The van der Waals surface area contributed by atoms with Crippen molar-refractivity contribution in [2.75, 3.05) is 0 Å². The van der Waals surface area contributed by atoms with E-state index >= 15 is 0 Å². The molecule has 0 saturated carbocycles. The Bertz CT molecular complexity index is 383. The smallest absolute Gasteiger partial charge is 0.462 e. The summed E-state index contributed by atoms with van der Waals surface area (Å²) >= 11 is 0. The minimum absolute atomic E-state index is 0. The second-order valence-electron chi connectivity index (χ2n) is 3.09. The van der Waals surface area contributed by atoms with E-state index in [9.17, 15) is 53.1 Å². The van der Waals surface area contributed by atoms with Crippen molar-refractivity contribution < 1.29 is 67.6 Å². The van der Waals surface area contributed by atoms with Gasteiger partial charge in [-0.2, -0.15) is 48.3 Å². The predicted octanol–water partition coefficient (Wildman–Crippen LogP) is 3.26. The summed E-state index contributed by atoms with van der Waals surface area (Å²) in [7, 11) is 0. The van der Waals surface area contributed by atoms with Crippen LogP contribution in [0.3, 0.4) is 0 Å². The molecule has 0 aliphatic rings. The number of halogens is 12. The van der Waals surface area contributed by atoms with Crippen LogP contribution >= 0.6 is 0 Å². The lowest BCUT2D eigenvalue weighted by Gasteiger charge is -2.32. The van der Waals surface area contributed by atoms with Gasteiger partial charge in [0.2, 0.25) is 0 Å². The summed E-state index contributed by atoms with van der Waals surface area (Å²) in [5, 5.41) is 7.72. The zero-order valence-corrected chi connectivity index (χ0v) is 8.83. The van der Waals surface area contributed by atoms with E-state index in [4.69, 9.17) is 5.11 Å². The van der Waals surface area contributed by atoms with Crippen LogP contribution in [0.4, 0.5) is 53.0 Å². The monoisotopic (exact) mass is 350 g/mol. The Morgan fingerprint density at radius 2 is 1.10 bits per heavy atom. The SMILES string of the molecule is F.O=C(O)C(F)(OC(F)(F)C(F)(F)C(F)(F)F)C(F)(F)F. The molecule has 0 aromatic rings. The highest BCUT2D eigenvalue weighted by atomic mass is 19.4. The third-order valence-corrected chi connectivity index (χ3v) is 1.63. The van der Waals surface area contributed by atoms with Gasteiger partial charge in [0, 0.05) is 0 Å². The molecule has 0 aliphatic heterocycles. The highest BCUT2D eigenvalue weighted by molar-refractivity contribution is 5.76. The van der Waals surface area contributed by atoms with Gasteiger partial charge in [0.25, 0.3) is 0 Å². The van der Waals surface area contributed by atoms with Gasteiger partial charge in [-0.05, 0) is 0 Å². The normalized spacial score (nSPS) is 16.9. The van der Waals surface area contributed by atoms with Crippen molar-refractivity contribution in [3.63, 3.8) is 0 Å². The van der Waals surface area contributed by atoms with E-state index in [-0.39, 0.29) is 4.70 Å². The van der Waals surface area contributed by atoms with Crippen LogP contribution in [0.25, 0.3) is 0 Å². The van der Waals surface area contributed by atoms with Crippen molar-refractivity contribution in [2.24, 2.45) is 0 Å². The summed E-state index contributed by atoms with van der Waals surface area (Å²) in [6, 6.07) is 0. The number of rotatable bonds is 4. The molecule has 21 heavy (non-hydrogen) atoms. The summed E-state index contributed by atoms with van der Waals surface area (Å²) < 4.78 is 134. The number of carbonyl (C=O) groups is 1. The second-order valence-corrected chi connectivity index (χ2v) is 3.09. The Hall–Kier alpha value is -1.41. The Morgan fingerprint density at radius 1 is 0.762 bits per heavy atom. The maximum absolute atomic E-state index is 12.7. The minimum atomic E-state index is -7.27. The van der Waals surface area contributed by atoms with Crippen LogP contribution in [0.15, 0.2) is 0 Å². The lowest BCUT2D eigenvalue weighted by atomic mass is 10.2. The molecular weight excluding hydrogens is 348 g/mol. The molecule has 0 spiro atoms. The Kier molecular flexibility index (Phi) is 5.64. The predicted molar refractivity (Wildman–Crippen MR) is 37.1 cm³/mol. The topological polar surface area (TPSA) is 46.5 Å². The summed E-state index contributed by atoms with van der Waals surface area (Å²) in [5.74, 6) is -17.6. The van der Waals surface area contributed by atoms with Crippen molar-refractivity contribution in [1.82, 2.24) is 0 Å². The highest BCUT2D eigenvalue weighted by Crippen LogP contribution is 2.50. The van der Waals surface area contributed by atoms with Crippen LogP contribution < -0.4 is 0 Å². The Labute approximate surface area is 105 Å². The van der Waals surface area contributed by atoms with E-state index in [1.54, 1.807) is 4.74 Å². The van der Waals surface area contributed by atoms with Gasteiger partial charge in [-0.3, -0.25) is 9.44 Å². The highest BCUT2D eigenvalue weighted by Gasteiger charge is 2.79. The quantitative estimate of drug-likeness (QED) is 0.792. The second kappa shape index (κ2) is 5.42. The molecule has 3 nitrogen and oxygen atoms in total. The fourth-order valence-corrected chi connectivity index (χ4v) is 0.628. The summed E-state index contributed by atoms with van der Waals surface area (Å²) in [6.45, 7) is 0. The average Bonchev–Trinajstić information content (AvgIpc) is 2.12. The molecule has 0 aromatic heterocycles. The number of hydrogen-bond donors (Lipinski definition) is 1. The first-order chi connectivity index (χ1) is 8.40. The molecule has 0 aliphatic carbocycles. The lowest BCUT2D eigenvalue weighted by molar-refractivity contribution is -0.474. The van der Waals surface area contributed by atoms with Crippen LogP contribution in [0.1, 0.15) is 0 Å². The van der Waals surface area contributed by atoms with Crippen LogP contribution in [0.5, 0.6) is 0 Å². The van der Waals surface area contributed by atoms with Crippen LogP contribution in [-0.4, -0.2) is 41.3 Å². The fraction of sp³-hybridized carbons (Fsp3) is 0.833. The van der Waals surface area contributed by atoms with E-state index in [1.165, 1.54) is 0 Å². The van der Waals surface area contributed by atoms with E-state index in [2.05, 4.69) is 0 Å². The molecule has 0 fully saturated rings. The Morgan fingerprint density at radius 3 is 1.29 bits per heavy atom. The third-order valence-electron chi connectivity index (χ3n) is 1.63. The van der Waals surface area contributed by atoms with Crippen molar-refractivity contribution in [3.8, 4) is 0 Å². The molecule has 1 unspecified atom stereocenters. The number of carboxylic acid groups (broad SMARTS) is 1. The molecular formula is C6H2F12O3. The van der Waals surface area contributed by atoms with Gasteiger partial charge in [-0.15, -0.1) is 0 Å². The first-order valence-electron chi connectivity index (χ1n) is 3.91. The summed E-state index contributed by atoms with van der Waals surface area (Å²) in [6.07, 6.45) is -21.1. The largest absolute Gasteiger partial charge is 0.477 e. The molecule has 0 rings (SSSR count). The van der Waals surface area contributed by atoms with E-state index in [0.29, 0.717) is 0 Å². The van der Waals surface area contributed by atoms with Crippen molar-refractivity contribution >= 4 is 5.97 Å². The lowest BCUT2D eigenvalue weighted by Crippen LogP contribution is -2.61. The molecule has 0 saturated heterocycles. The molecule has 0 bridgehead atoms. The number of hydrogen-bond acceptors (Lipinski definition) is 2. The number of ether oxygens (including phenoxy) is 1. The van der Waals surface area contributed by atoms with E-state index in [1.807, 2.05) is 0 Å².